The Labute approximate surface area is 332 Å². The third kappa shape index (κ3) is 13.0. The summed E-state index contributed by atoms with van der Waals surface area (Å²) in [6, 6.07) is 29.3. The lowest BCUT2D eigenvalue weighted by molar-refractivity contribution is -0.142. The van der Waals surface area contributed by atoms with E-state index in [-0.39, 0.29) is 32.1 Å². The van der Waals surface area contributed by atoms with Crippen molar-refractivity contribution in [1.29, 1.82) is 0 Å². The molecule has 3 aromatic carbocycles. The van der Waals surface area contributed by atoms with Crippen molar-refractivity contribution in [2.45, 2.75) is 57.2 Å². The van der Waals surface area contributed by atoms with Gasteiger partial charge in [0.1, 0.15) is 18.1 Å². The maximum absolute atomic E-state index is 13.3. The molecule has 0 saturated heterocycles. The number of nitrogens with one attached hydrogen (secondary N) is 5. The monoisotopic (exact) mass is 793 g/mol. The maximum Gasteiger partial charge on any atom is 0.326 e. The summed E-state index contributed by atoms with van der Waals surface area (Å²) in [7, 11) is 0. The van der Waals surface area contributed by atoms with E-state index >= 15 is 0 Å². The number of carbonyl (C=O) groups excluding carboxylic acids is 5. The summed E-state index contributed by atoms with van der Waals surface area (Å²) in [5.41, 5.74) is 4.91. The fourth-order valence-electron chi connectivity index (χ4n) is 5.74. The number of carboxylic acids is 1. The van der Waals surface area contributed by atoms with Crippen molar-refractivity contribution in [3.05, 3.63) is 135 Å². The Bertz CT molecular complexity index is 2070. The number of fused-ring (bicyclic) bond motifs is 18. The van der Waals surface area contributed by atoms with Gasteiger partial charge in [0.15, 0.2) is 0 Å². The standard InChI is InChI=1S/C29H31N5O7S2.C13H12/c35-24-9-10-25(36)32-21(14-19-3-1-11-42-19)27(38)30-16-26(37)33-22(15-20-4-2-12-43-20)28(39)34-23(29(40)41)13-17-5-7-18(31-24)8-6-17;1-11-7-9-13(10-8-11)12-5-3-2-4-6-12/h1-8,11-12,21-23H,9-10,13-16H2,(H,30,38)(H,31,35)(H,32,36)(H,33,37)(H,34,39)(H,40,41);2-10H,1H3/t21-,22-,23+;/m1./s1. The van der Waals surface area contributed by atoms with Crippen molar-refractivity contribution in [3.63, 3.8) is 0 Å². The SMILES string of the molecule is Cc1ccc(-c2ccccc2)cc1.O=C1CCC(=O)N[C@H](Cc2cccs2)C(=O)NCC(=O)N[C@H](Cc2cccs2)C(=O)N[C@H](C(=O)O)Cc2ccc(cc2)N1. The normalized spacial score (nSPS) is 18.4. The first-order valence-electron chi connectivity index (χ1n) is 18.0. The van der Waals surface area contributed by atoms with E-state index < -0.39 is 60.2 Å². The predicted molar refractivity (Wildman–Crippen MR) is 217 cm³/mol. The molecule has 4 heterocycles. The van der Waals surface area contributed by atoms with E-state index in [0.29, 0.717) is 11.3 Å². The molecule has 5 amide bonds. The summed E-state index contributed by atoms with van der Waals surface area (Å²) in [5.74, 6) is -4.17. The summed E-state index contributed by atoms with van der Waals surface area (Å²) >= 11 is 2.78. The third-order valence-corrected chi connectivity index (χ3v) is 10.5. The second kappa shape index (κ2) is 20.5. The number of amides is 5. The zero-order valence-electron chi connectivity index (χ0n) is 30.7. The minimum atomic E-state index is -1.29. The molecular weight excluding hydrogens is 751 g/mol. The minimum Gasteiger partial charge on any atom is -0.480 e. The second-order valence-electron chi connectivity index (χ2n) is 13.1. The van der Waals surface area contributed by atoms with E-state index in [1.807, 2.05) is 29.0 Å². The van der Waals surface area contributed by atoms with Gasteiger partial charge in [-0.15, -0.1) is 22.7 Å². The number of hydrogen-bond acceptors (Lipinski definition) is 8. The van der Waals surface area contributed by atoms with Crippen molar-refractivity contribution in [2.24, 2.45) is 0 Å². The number of benzene rings is 3. The van der Waals surface area contributed by atoms with Crippen LogP contribution in [-0.2, 0) is 48.0 Å². The summed E-state index contributed by atoms with van der Waals surface area (Å²) in [6.45, 7) is 1.62. The second-order valence-corrected chi connectivity index (χ2v) is 15.2. The van der Waals surface area contributed by atoms with Gasteiger partial charge in [-0.3, -0.25) is 24.0 Å². The molecule has 0 radical (unpaired) electrons. The lowest BCUT2D eigenvalue weighted by Gasteiger charge is -2.22. The molecule has 2 aromatic heterocycles. The first-order chi connectivity index (χ1) is 27.0. The van der Waals surface area contributed by atoms with E-state index in [4.69, 9.17) is 0 Å². The number of aliphatic carboxylic acids is 1. The van der Waals surface area contributed by atoms with Gasteiger partial charge in [0.2, 0.25) is 29.5 Å². The van der Waals surface area contributed by atoms with Gasteiger partial charge in [-0.2, -0.15) is 0 Å². The Kier molecular flexibility index (Phi) is 15.0. The lowest BCUT2D eigenvalue weighted by Crippen LogP contribution is -2.55. The van der Waals surface area contributed by atoms with Crippen LogP contribution in [0.2, 0.25) is 0 Å². The summed E-state index contributed by atoms with van der Waals surface area (Å²) in [5, 5.41) is 26.4. The number of aryl methyl sites for hydroxylation is 1. The van der Waals surface area contributed by atoms with Gasteiger partial charge in [0, 0.05) is 47.5 Å². The van der Waals surface area contributed by atoms with Crippen LogP contribution < -0.4 is 26.6 Å². The van der Waals surface area contributed by atoms with E-state index in [1.54, 1.807) is 36.4 Å². The van der Waals surface area contributed by atoms with Gasteiger partial charge < -0.3 is 31.7 Å². The molecule has 3 atom stereocenters. The van der Waals surface area contributed by atoms with Crippen molar-refractivity contribution in [1.82, 2.24) is 21.3 Å². The van der Waals surface area contributed by atoms with Gasteiger partial charge in [-0.1, -0.05) is 84.4 Å². The highest BCUT2D eigenvalue weighted by Crippen LogP contribution is 2.19. The molecule has 2 bridgehead atoms. The van der Waals surface area contributed by atoms with E-state index in [9.17, 15) is 33.9 Å². The number of carbonyl (C=O) groups is 6. The topological polar surface area (TPSA) is 183 Å². The Morgan fingerprint density at radius 3 is 1.80 bits per heavy atom. The highest BCUT2D eigenvalue weighted by atomic mass is 32.1. The lowest BCUT2D eigenvalue weighted by atomic mass is 10.0. The van der Waals surface area contributed by atoms with Crippen molar-refractivity contribution >= 4 is 63.9 Å². The van der Waals surface area contributed by atoms with Gasteiger partial charge in [0.25, 0.3) is 0 Å². The Hall–Kier alpha value is -6.12. The quantitative estimate of drug-likeness (QED) is 0.132. The number of hydrogen-bond donors (Lipinski definition) is 6. The van der Waals surface area contributed by atoms with Crippen molar-refractivity contribution < 1.29 is 33.9 Å². The summed E-state index contributed by atoms with van der Waals surface area (Å²) in [4.78, 5) is 78.0. The summed E-state index contributed by atoms with van der Waals surface area (Å²) < 4.78 is 0. The zero-order chi connectivity index (χ0) is 39.9. The first kappa shape index (κ1) is 41.1. The largest absolute Gasteiger partial charge is 0.480 e. The molecule has 6 N–H and O–H groups in total. The van der Waals surface area contributed by atoms with Crippen LogP contribution in [0.3, 0.4) is 0 Å². The van der Waals surface area contributed by atoms with Gasteiger partial charge >= 0.3 is 5.97 Å². The van der Waals surface area contributed by atoms with Crippen LogP contribution in [0.4, 0.5) is 5.69 Å². The molecular formula is C42H43N5O7S2. The van der Waals surface area contributed by atoms with Crippen LogP contribution in [0, 0.1) is 6.92 Å². The maximum atomic E-state index is 13.3. The Balaban J connectivity index is 0.000000386. The highest BCUT2D eigenvalue weighted by Gasteiger charge is 2.28. The first-order valence-corrected chi connectivity index (χ1v) is 19.7. The van der Waals surface area contributed by atoms with Gasteiger partial charge in [-0.05, 0) is 58.6 Å². The van der Waals surface area contributed by atoms with Gasteiger partial charge in [0.05, 0.1) is 6.54 Å². The molecule has 14 heteroatoms. The third-order valence-electron chi connectivity index (χ3n) is 8.73. The Morgan fingerprint density at radius 2 is 1.21 bits per heavy atom. The molecule has 2 aliphatic rings. The number of rotatable bonds is 6. The number of thiophene rings is 2. The fraction of sp³-hybridized carbons (Fsp3) is 0.238. The molecule has 0 spiro atoms. The Morgan fingerprint density at radius 1 is 0.643 bits per heavy atom. The average molecular weight is 794 g/mol. The van der Waals surface area contributed by atoms with Crippen LogP contribution in [0.15, 0.2) is 114 Å². The van der Waals surface area contributed by atoms with E-state index in [1.165, 1.54) is 39.4 Å². The molecule has 0 fully saturated rings. The number of anilines is 1. The fourth-order valence-corrected chi connectivity index (χ4v) is 7.24. The summed E-state index contributed by atoms with van der Waals surface area (Å²) in [6.07, 6.45) is -0.0631. The van der Waals surface area contributed by atoms with Crippen molar-refractivity contribution in [3.8, 4) is 11.1 Å². The van der Waals surface area contributed by atoms with Crippen LogP contribution >= 0.6 is 22.7 Å². The van der Waals surface area contributed by atoms with E-state index in [2.05, 4.69) is 82.0 Å². The van der Waals surface area contributed by atoms with Crippen molar-refractivity contribution in [2.75, 3.05) is 11.9 Å². The predicted octanol–water partition coefficient (Wildman–Crippen LogP) is 4.89. The average Bonchev–Trinajstić information content (AvgIpc) is 3.92. The molecule has 5 aromatic rings. The minimum absolute atomic E-state index is 0.0448. The molecule has 0 unspecified atom stereocenters. The molecule has 290 valence electrons. The van der Waals surface area contributed by atoms with Crippen LogP contribution in [0.5, 0.6) is 0 Å². The van der Waals surface area contributed by atoms with Crippen LogP contribution in [0.1, 0.15) is 33.7 Å². The molecule has 12 nitrogen and oxygen atoms in total. The zero-order valence-corrected chi connectivity index (χ0v) is 32.3. The molecule has 2 aliphatic heterocycles. The molecule has 7 rings (SSSR count). The van der Waals surface area contributed by atoms with E-state index in [0.717, 1.165) is 9.75 Å². The molecule has 0 aliphatic carbocycles. The smallest absolute Gasteiger partial charge is 0.326 e. The molecule has 56 heavy (non-hydrogen) atoms. The molecule has 0 saturated carbocycles. The highest BCUT2D eigenvalue weighted by molar-refractivity contribution is 7.10. The van der Waals surface area contributed by atoms with Gasteiger partial charge in [-0.25, -0.2) is 4.79 Å². The number of carboxylic acid groups (broad SMARTS) is 1. The van der Waals surface area contributed by atoms with Crippen LogP contribution in [-0.4, -0.2) is 65.3 Å². The van der Waals surface area contributed by atoms with Crippen LogP contribution in [0.25, 0.3) is 11.1 Å².